The Hall–Kier alpha value is -2.53. The van der Waals surface area contributed by atoms with Crippen molar-refractivity contribution < 1.29 is 9.90 Å². The number of phenols is 1. The van der Waals surface area contributed by atoms with E-state index < -0.39 is 0 Å². The molecule has 3 rings (SSSR count). The van der Waals surface area contributed by atoms with Gasteiger partial charge in [0.1, 0.15) is 11.4 Å². The molecule has 1 aliphatic heterocycles. The Labute approximate surface area is 151 Å². The van der Waals surface area contributed by atoms with Crippen LogP contribution in [0.25, 0.3) is 6.08 Å². The van der Waals surface area contributed by atoms with Crippen LogP contribution in [0.2, 0.25) is 0 Å². The highest BCUT2D eigenvalue weighted by Crippen LogP contribution is 2.32. The van der Waals surface area contributed by atoms with Gasteiger partial charge in [0.2, 0.25) is 0 Å². The summed E-state index contributed by atoms with van der Waals surface area (Å²) < 4.78 is 0. The molecule has 1 heterocycles. The molecule has 128 valence electrons. The van der Waals surface area contributed by atoms with Crippen molar-refractivity contribution in [1.29, 1.82) is 0 Å². The smallest absolute Gasteiger partial charge is 0.264 e. The molecule has 0 aromatic heterocycles. The summed E-state index contributed by atoms with van der Waals surface area (Å²) in [6.07, 6.45) is 1.85. The Morgan fingerprint density at radius 3 is 2.52 bits per heavy atom. The third-order valence-electron chi connectivity index (χ3n) is 3.90. The molecule has 0 atom stereocenters. The normalized spacial score (nSPS) is 17.5. The number of amidine groups is 1. The first-order valence-corrected chi connectivity index (χ1v) is 8.93. The number of amides is 1. The standard InChI is InChI=1S/C20H20N2O2S/c1-12(2)15-7-5-14(6-8-15)11-18-19(24)22-20(25-18)21-16-9-4-13(3)10-17(16)23/h4-12,23H,1-3H3,(H,21,22,24)/b18-11-. The summed E-state index contributed by atoms with van der Waals surface area (Å²) in [4.78, 5) is 17.1. The first-order valence-electron chi connectivity index (χ1n) is 8.11. The lowest BCUT2D eigenvalue weighted by Gasteiger charge is -2.04. The van der Waals surface area contributed by atoms with Crippen LogP contribution in [-0.2, 0) is 4.79 Å². The fourth-order valence-corrected chi connectivity index (χ4v) is 3.28. The molecule has 0 radical (unpaired) electrons. The molecule has 1 amide bonds. The lowest BCUT2D eigenvalue weighted by molar-refractivity contribution is -0.115. The van der Waals surface area contributed by atoms with Gasteiger partial charge >= 0.3 is 0 Å². The van der Waals surface area contributed by atoms with Crippen LogP contribution in [0, 0.1) is 6.92 Å². The second-order valence-corrected chi connectivity index (χ2v) is 7.33. The number of hydrogen-bond acceptors (Lipinski definition) is 4. The number of nitrogens with one attached hydrogen (secondary N) is 1. The molecular formula is C20H20N2O2S. The number of aliphatic imine (C=N–C) groups is 1. The fourth-order valence-electron chi connectivity index (χ4n) is 2.45. The highest BCUT2D eigenvalue weighted by atomic mass is 32.2. The maximum atomic E-state index is 12.1. The van der Waals surface area contributed by atoms with Gasteiger partial charge in [0.15, 0.2) is 5.17 Å². The van der Waals surface area contributed by atoms with Gasteiger partial charge in [-0.3, -0.25) is 4.79 Å². The molecule has 0 aliphatic carbocycles. The molecule has 0 saturated carbocycles. The SMILES string of the molecule is Cc1ccc(N=C2NC(=O)/C(=C/c3ccc(C(C)C)cc3)S2)c(O)c1. The predicted molar refractivity (Wildman–Crippen MR) is 104 cm³/mol. The van der Waals surface area contributed by atoms with E-state index in [0.717, 1.165) is 11.1 Å². The van der Waals surface area contributed by atoms with E-state index in [9.17, 15) is 9.90 Å². The van der Waals surface area contributed by atoms with Gasteiger partial charge in [-0.15, -0.1) is 0 Å². The number of nitrogens with zero attached hydrogens (tertiary/aromatic N) is 1. The molecule has 4 nitrogen and oxygen atoms in total. The monoisotopic (exact) mass is 352 g/mol. The second kappa shape index (κ2) is 7.15. The van der Waals surface area contributed by atoms with Crippen molar-refractivity contribution in [1.82, 2.24) is 5.32 Å². The van der Waals surface area contributed by atoms with Gasteiger partial charge in [-0.1, -0.05) is 44.2 Å². The van der Waals surface area contributed by atoms with Crippen molar-refractivity contribution in [2.45, 2.75) is 26.7 Å². The lowest BCUT2D eigenvalue weighted by Crippen LogP contribution is -2.19. The van der Waals surface area contributed by atoms with Gasteiger partial charge in [-0.2, -0.15) is 0 Å². The fraction of sp³-hybridized carbons (Fsp3) is 0.200. The average molecular weight is 352 g/mol. The molecule has 2 N–H and O–H groups in total. The minimum Gasteiger partial charge on any atom is -0.506 e. The highest BCUT2D eigenvalue weighted by Gasteiger charge is 2.24. The Morgan fingerprint density at radius 2 is 1.88 bits per heavy atom. The number of hydrogen-bond donors (Lipinski definition) is 2. The number of carbonyl (C=O) groups is 1. The molecule has 0 spiro atoms. The summed E-state index contributed by atoms with van der Waals surface area (Å²) in [7, 11) is 0. The molecule has 1 saturated heterocycles. The van der Waals surface area contributed by atoms with Crippen LogP contribution in [0.4, 0.5) is 5.69 Å². The topological polar surface area (TPSA) is 61.7 Å². The number of phenolic OH excluding ortho intramolecular Hbond substituents is 1. The molecule has 25 heavy (non-hydrogen) atoms. The van der Waals surface area contributed by atoms with Crippen molar-refractivity contribution in [3.05, 3.63) is 64.1 Å². The van der Waals surface area contributed by atoms with Crippen LogP contribution in [0.5, 0.6) is 5.75 Å². The first kappa shape index (κ1) is 17.3. The zero-order valence-corrected chi connectivity index (χ0v) is 15.2. The van der Waals surface area contributed by atoms with Gasteiger partial charge in [0.05, 0.1) is 4.91 Å². The summed E-state index contributed by atoms with van der Waals surface area (Å²) in [6.45, 7) is 6.20. The molecular weight excluding hydrogens is 332 g/mol. The number of aromatic hydroxyl groups is 1. The van der Waals surface area contributed by atoms with Crippen molar-refractivity contribution in [3.8, 4) is 5.75 Å². The van der Waals surface area contributed by atoms with E-state index in [0.29, 0.717) is 21.7 Å². The van der Waals surface area contributed by atoms with Crippen LogP contribution < -0.4 is 5.32 Å². The molecule has 2 aromatic rings. The van der Waals surface area contributed by atoms with Gasteiger partial charge in [0, 0.05) is 0 Å². The van der Waals surface area contributed by atoms with E-state index in [1.54, 1.807) is 12.1 Å². The molecule has 0 unspecified atom stereocenters. The minimum atomic E-state index is -0.178. The van der Waals surface area contributed by atoms with Crippen LogP contribution in [-0.4, -0.2) is 16.2 Å². The number of thioether (sulfide) groups is 1. The van der Waals surface area contributed by atoms with Crippen molar-refractivity contribution >= 4 is 34.6 Å². The molecule has 1 aliphatic rings. The molecule has 0 bridgehead atoms. The quantitative estimate of drug-likeness (QED) is 0.786. The van der Waals surface area contributed by atoms with E-state index in [4.69, 9.17) is 0 Å². The summed E-state index contributed by atoms with van der Waals surface area (Å²) in [5, 5.41) is 13.2. The lowest BCUT2D eigenvalue weighted by atomic mass is 10.0. The van der Waals surface area contributed by atoms with E-state index in [-0.39, 0.29) is 11.7 Å². The second-order valence-electron chi connectivity index (χ2n) is 6.30. The van der Waals surface area contributed by atoms with Gasteiger partial charge in [0.25, 0.3) is 5.91 Å². The van der Waals surface area contributed by atoms with Gasteiger partial charge < -0.3 is 10.4 Å². The number of rotatable bonds is 3. The van der Waals surface area contributed by atoms with Crippen molar-refractivity contribution in [3.63, 3.8) is 0 Å². The van der Waals surface area contributed by atoms with Crippen LogP contribution in [0.1, 0.15) is 36.5 Å². The first-order chi connectivity index (χ1) is 11.9. The van der Waals surface area contributed by atoms with Gasteiger partial charge in [-0.25, -0.2) is 4.99 Å². The predicted octanol–water partition coefficient (Wildman–Crippen LogP) is 4.72. The van der Waals surface area contributed by atoms with Gasteiger partial charge in [-0.05, 0) is 59.5 Å². The molecule has 5 heteroatoms. The molecule has 1 fully saturated rings. The third-order valence-corrected chi connectivity index (χ3v) is 4.81. The van der Waals surface area contributed by atoms with E-state index in [1.165, 1.54) is 17.3 Å². The van der Waals surface area contributed by atoms with Crippen LogP contribution >= 0.6 is 11.8 Å². The maximum Gasteiger partial charge on any atom is 0.264 e. The summed E-state index contributed by atoms with van der Waals surface area (Å²) in [5.41, 5.74) is 3.63. The maximum absolute atomic E-state index is 12.1. The highest BCUT2D eigenvalue weighted by molar-refractivity contribution is 8.18. The third kappa shape index (κ3) is 4.12. The summed E-state index contributed by atoms with van der Waals surface area (Å²) >= 11 is 1.27. The van der Waals surface area contributed by atoms with E-state index in [1.807, 2.05) is 31.2 Å². The Balaban J connectivity index is 1.81. The van der Waals surface area contributed by atoms with E-state index >= 15 is 0 Å². The Morgan fingerprint density at radius 1 is 1.16 bits per heavy atom. The van der Waals surface area contributed by atoms with E-state index in [2.05, 4.69) is 36.3 Å². The summed E-state index contributed by atoms with van der Waals surface area (Å²) in [6, 6.07) is 13.4. The zero-order chi connectivity index (χ0) is 18.0. The number of aryl methyl sites for hydroxylation is 1. The Kier molecular flexibility index (Phi) is 4.95. The Bertz CT molecular complexity index is 868. The van der Waals surface area contributed by atoms with Crippen molar-refractivity contribution in [2.24, 2.45) is 4.99 Å². The molecule has 2 aromatic carbocycles. The number of carbonyl (C=O) groups excluding carboxylic acids is 1. The van der Waals surface area contributed by atoms with Crippen LogP contribution in [0.3, 0.4) is 0 Å². The van der Waals surface area contributed by atoms with Crippen molar-refractivity contribution in [2.75, 3.05) is 0 Å². The van der Waals surface area contributed by atoms with Crippen LogP contribution in [0.15, 0.2) is 52.4 Å². The average Bonchev–Trinajstić information content (AvgIpc) is 2.90. The number of benzene rings is 2. The zero-order valence-electron chi connectivity index (χ0n) is 14.4. The summed E-state index contributed by atoms with van der Waals surface area (Å²) in [5.74, 6) is 0.402. The minimum absolute atomic E-state index is 0.101. The largest absolute Gasteiger partial charge is 0.506 e.